The number of carbonyl (C=O) groups excluding carboxylic acids is 2. The molecule has 1 saturated heterocycles. The van der Waals surface area contributed by atoms with Crippen LogP contribution in [0.3, 0.4) is 0 Å². The Labute approximate surface area is 207 Å². The van der Waals surface area contributed by atoms with E-state index >= 15 is 0 Å². The minimum Gasteiger partial charge on any atom is -0.473 e. The van der Waals surface area contributed by atoms with E-state index in [0.717, 1.165) is 11.3 Å². The van der Waals surface area contributed by atoms with Crippen molar-refractivity contribution in [3.05, 3.63) is 28.9 Å². The maximum atomic E-state index is 12.9. The van der Waals surface area contributed by atoms with E-state index in [2.05, 4.69) is 29.9 Å². The number of aromatic nitrogens is 3. The fourth-order valence-corrected chi connectivity index (χ4v) is 3.86. The van der Waals surface area contributed by atoms with Crippen LogP contribution in [0.25, 0.3) is 0 Å². The summed E-state index contributed by atoms with van der Waals surface area (Å²) >= 11 is 1.04. The lowest BCUT2D eigenvalue weighted by Crippen LogP contribution is -2.76. The number of nitrogens with zero attached hydrogens (tertiary/aromatic N) is 5. The number of nitrogens with one attached hydrogen (secondary N) is 2. The van der Waals surface area contributed by atoms with Crippen molar-refractivity contribution in [3.8, 4) is 5.88 Å². The van der Waals surface area contributed by atoms with Gasteiger partial charge in [0.15, 0.2) is 17.5 Å². The molecule has 0 radical (unpaired) electrons. The zero-order valence-electron chi connectivity index (χ0n) is 18.7. The van der Waals surface area contributed by atoms with Crippen molar-refractivity contribution in [1.82, 2.24) is 25.6 Å². The Morgan fingerprint density at radius 3 is 2.58 bits per heavy atom. The fraction of sp³-hybridized carbons (Fsp3) is 0.353. The van der Waals surface area contributed by atoms with Gasteiger partial charge in [0.1, 0.15) is 29.9 Å². The maximum absolute atomic E-state index is 12.9. The minimum atomic E-state index is -4.95. The molecule has 17 nitrogen and oxygen atoms in total. The molecule has 1 aliphatic rings. The molecule has 3 heterocycles. The van der Waals surface area contributed by atoms with E-state index in [-0.39, 0.29) is 47.2 Å². The number of nitrogen functional groups attached to an aromatic ring is 2. The lowest BCUT2D eigenvalue weighted by molar-refractivity contribution is -0.218. The molecule has 2 amide bonds. The van der Waals surface area contributed by atoms with Gasteiger partial charge >= 0.3 is 10.4 Å². The van der Waals surface area contributed by atoms with Gasteiger partial charge in [0.25, 0.3) is 11.8 Å². The summed E-state index contributed by atoms with van der Waals surface area (Å²) in [4.78, 5) is 34.3. The lowest BCUT2D eigenvalue weighted by atomic mass is 9.84. The Kier molecular flexibility index (Phi) is 7.67. The number of thiazole rings is 1. The van der Waals surface area contributed by atoms with Crippen LogP contribution in [0.1, 0.15) is 25.2 Å². The molecule has 1 fully saturated rings. The third-order valence-electron chi connectivity index (χ3n) is 4.60. The van der Waals surface area contributed by atoms with Crippen molar-refractivity contribution in [3.63, 3.8) is 0 Å². The van der Waals surface area contributed by atoms with Gasteiger partial charge in [0.05, 0.1) is 5.54 Å². The molecule has 0 aromatic carbocycles. The molecule has 0 spiro atoms. The second kappa shape index (κ2) is 10.4. The molecule has 19 heteroatoms. The van der Waals surface area contributed by atoms with Gasteiger partial charge in [-0.15, -0.1) is 25.8 Å². The quantitative estimate of drug-likeness (QED) is 0.0537. The normalized spacial score (nSPS) is 17.3. The largest absolute Gasteiger partial charge is 0.473 e. The molecule has 7 N–H and O–H groups in total. The van der Waals surface area contributed by atoms with Gasteiger partial charge in [-0.05, 0) is 19.9 Å². The highest BCUT2D eigenvalue weighted by Crippen LogP contribution is 2.32. The Bertz CT molecular complexity index is 1290. The summed E-state index contributed by atoms with van der Waals surface area (Å²) in [5, 5.41) is 22.9. The number of nitrogens with two attached hydrogens (primary N) is 2. The van der Waals surface area contributed by atoms with E-state index in [0.29, 0.717) is 5.06 Å². The first-order chi connectivity index (χ1) is 16.8. The van der Waals surface area contributed by atoms with Crippen LogP contribution in [-0.2, 0) is 29.1 Å². The molecular formula is C17H21N9O8S2. The van der Waals surface area contributed by atoms with Gasteiger partial charge in [-0.25, -0.2) is 4.98 Å². The smallest absolute Gasteiger partial charge is 0.418 e. The SMILES string of the molecule is CC1(C)[C@H](NC(=O)C(=NOCCOc2ccc(C(=N)N)nn2)c2csc(N)n2)C(=O)N1OS(=O)(=O)O. The van der Waals surface area contributed by atoms with E-state index in [1.807, 2.05) is 0 Å². The van der Waals surface area contributed by atoms with E-state index in [1.165, 1.54) is 31.4 Å². The second-order valence-electron chi connectivity index (χ2n) is 7.56. The lowest BCUT2D eigenvalue weighted by Gasteiger charge is -2.50. The number of hydrogen-bond donors (Lipinski definition) is 5. The highest BCUT2D eigenvalue weighted by molar-refractivity contribution is 7.80. The van der Waals surface area contributed by atoms with E-state index in [1.54, 1.807) is 0 Å². The second-order valence-corrected chi connectivity index (χ2v) is 9.45. The third kappa shape index (κ3) is 6.19. The summed E-state index contributed by atoms with van der Waals surface area (Å²) in [7, 11) is -4.95. The number of rotatable bonds is 11. The molecular weight excluding hydrogens is 522 g/mol. The van der Waals surface area contributed by atoms with Crippen LogP contribution in [0.5, 0.6) is 5.88 Å². The van der Waals surface area contributed by atoms with Gasteiger partial charge < -0.3 is 26.4 Å². The Balaban J connectivity index is 1.64. The van der Waals surface area contributed by atoms with Gasteiger partial charge in [-0.2, -0.15) is 13.5 Å². The molecule has 194 valence electrons. The zero-order chi connectivity index (χ0) is 26.7. The number of carbonyl (C=O) groups is 2. The maximum Gasteiger partial charge on any atom is 0.418 e. The topological polar surface area (TPSA) is 258 Å². The standard InChI is InChI=1S/C17H21N9O8S2/c1-17(2)12(15(28)26(17)34-36(29,30)31)22-14(27)11(9-7-35-16(20)21-9)25-33-6-5-32-10-4-3-8(13(18)19)23-24-10/h3-4,7,12H,5-6H2,1-2H3,(H3,18,19)(H2,20,21)(H,22,27)(H,29,30,31)/t12-/m1/s1. The van der Waals surface area contributed by atoms with Gasteiger partial charge in [-0.3, -0.25) is 19.6 Å². The number of ether oxygens (including phenoxy) is 1. The van der Waals surface area contributed by atoms with E-state index in [4.69, 9.17) is 31.0 Å². The van der Waals surface area contributed by atoms with Crippen molar-refractivity contribution >= 4 is 50.2 Å². The van der Waals surface area contributed by atoms with Gasteiger partial charge in [-0.1, -0.05) is 5.16 Å². The number of amides is 2. The van der Waals surface area contributed by atoms with Crippen molar-refractivity contribution in [2.24, 2.45) is 10.9 Å². The molecule has 2 aromatic heterocycles. The molecule has 1 atom stereocenters. The molecule has 0 unspecified atom stereocenters. The first-order valence-corrected chi connectivity index (χ1v) is 12.1. The first kappa shape index (κ1) is 26.7. The molecule has 36 heavy (non-hydrogen) atoms. The molecule has 0 bridgehead atoms. The number of hydroxylamine groups is 2. The zero-order valence-corrected chi connectivity index (χ0v) is 20.4. The average molecular weight is 544 g/mol. The predicted octanol–water partition coefficient (Wildman–Crippen LogP) is -1.56. The van der Waals surface area contributed by atoms with Crippen LogP contribution < -0.4 is 21.5 Å². The molecule has 0 saturated carbocycles. The van der Waals surface area contributed by atoms with Crippen LogP contribution in [0.2, 0.25) is 0 Å². The van der Waals surface area contributed by atoms with E-state index < -0.39 is 33.8 Å². The molecule has 0 aliphatic carbocycles. The summed E-state index contributed by atoms with van der Waals surface area (Å²) < 4.78 is 40.3. The fourth-order valence-electron chi connectivity index (χ4n) is 2.85. The average Bonchev–Trinajstić information content (AvgIpc) is 3.23. The third-order valence-corrected chi connectivity index (χ3v) is 5.61. The van der Waals surface area contributed by atoms with Crippen molar-refractivity contribution < 1.29 is 36.4 Å². The highest BCUT2D eigenvalue weighted by atomic mass is 32.3. The summed E-state index contributed by atoms with van der Waals surface area (Å²) in [5.74, 6) is -1.90. The predicted molar refractivity (Wildman–Crippen MR) is 123 cm³/mol. The molecule has 1 aliphatic heterocycles. The Hall–Kier alpha value is -3.94. The van der Waals surface area contributed by atoms with Crippen molar-refractivity contribution in [2.45, 2.75) is 25.4 Å². The Morgan fingerprint density at radius 1 is 1.33 bits per heavy atom. The number of amidine groups is 1. The Morgan fingerprint density at radius 2 is 2.06 bits per heavy atom. The highest BCUT2D eigenvalue weighted by Gasteiger charge is 2.58. The summed E-state index contributed by atoms with van der Waals surface area (Å²) in [6.07, 6.45) is 0. The number of anilines is 1. The van der Waals surface area contributed by atoms with Crippen LogP contribution in [0, 0.1) is 5.41 Å². The summed E-state index contributed by atoms with van der Waals surface area (Å²) in [5.41, 5.74) is 9.54. The van der Waals surface area contributed by atoms with Crippen molar-refractivity contribution in [1.29, 1.82) is 5.41 Å². The number of hydrogen-bond acceptors (Lipinski definition) is 14. The minimum absolute atomic E-state index is 0.0399. The van der Waals surface area contributed by atoms with Crippen molar-refractivity contribution in [2.75, 3.05) is 18.9 Å². The first-order valence-electron chi connectivity index (χ1n) is 9.84. The van der Waals surface area contributed by atoms with Gasteiger partial charge in [0, 0.05) is 11.4 Å². The van der Waals surface area contributed by atoms with Gasteiger partial charge in [0.2, 0.25) is 5.88 Å². The summed E-state index contributed by atoms with van der Waals surface area (Å²) in [6, 6.07) is 1.69. The molecule has 3 rings (SSSR count). The summed E-state index contributed by atoms with van der Waals surface area (Å²) in [6.45, 7) is 2.64. The van der Waals surface area contributed by atoms with Crippen LogP contribution in [0.15, 0.2) is 22.7 Å². The molecule has 2 aromatic rings. The number of β-lactam (4-membered cyclic amide) rings is 1. The van der Waals surface area contributed by atoms with Crippen LogP contribution in [0.4, 0.5) is 5.13 Å². The van der Waals surface area contributed by atoms with E-state index in [9.17, 15) is 18.0 Å². The van der Waals surface area contributed by atoms with Crippen LogP contribution >= 0.6 is 11.3 Å². The monoisotopic (exact) mass is 543 g/mol. The number of oxime groups is 1. The van der Waals surface area contributed by atoms with Crippen LogP contribution in [-0.4, -0.2) is 81.4 Å².